The third-order valence-electron chi connectivity index (χ3n) is 2.77. The van der Waals surface area contributed by atoms with Gasteiger partial charge in [-0.25, -0.2) is 0 Å². The van der Waals surface area contributed by atoms with Gasteiger partial charge in [-0.15, -0.1) is 0 Å². The van der Waals surface area contributed by atoms with Gasteiger partial charge in [0.1, 0.15) is 0 Å². The van der Waals surface area contributed by atoms with Gasteiger partial charge < -0.3 is 16.8 Å². The maximum absolute atomic E-state index is 11.9. The van der Waals surface area contributed by atoms with Crippen LogP contribution in [0.15, 0.2) is 42.7 Å². The molecule has 0 bridgehead atoms. The zero-order valence-electron chi connectivity index (χ0n) is 10.5. The average molecular weight is 256 g/mol. The number of aromatic nitrogens is 1. The van der Waals surface area contributed by atoms with Crippen molar-refractivity contribution in [3.05, 3.63) is 53.9 Å². The monoisotopic (exact) mass is 256 g/mol. The summed E-state index contributed by atoms with van der Waals surface area (Å²) in [5, 5.41) is 2.83. The first-order valence-electron chi connectivity index (χ1n) is 5.99. The highest BCUT2D eigenvalue weighted by Crippen LogP contribution is 2.15. The minimum atomic E-state index is -0.188. The van der Waals surface area contributed by atoms with Crippen LogP contribution in [0.1, 0.15) is 15.9 Å². The Morgan fingerprint density at radius 1 is 1.16 bits per heavy atom. The zero-order valence-corrected chi connectivity index (χ0v) is 10.5. The molecule has 5 N–H and O–H groups in total. The molecular weight excluding hydrogens is 240 g/mol. The molecule has 5 nitrogen and oxygen atoms in total. The molecule has 1 aromatic carbocycles. The number of benzene rings is 1. The van der Waals surface area contributed by atoms with Crippen LogP contribution in [0.25, 0.3) is 0 Å². The van der Waals surface area contributed by atoms with Gasteiger partial charge in [0.2, 0.25) is 0 Å². The number of nitrogen functional groups attached to an aromatic ring is 2. The number of amides is 1. The van der Waals surface area contributed by atoms with Crippen molar-refractivity contribution in [3.63, 3.8) is 0 Å². The van der Waals surface area contributed by atoms with Crippen LogP contribution in [-0.2, 0) is 6.42 Å². The molecule has 0 spiro atoms. The van der Waals surface area contributed by atoms with Crippen molar-refractivity contribution in [2.75, 3.05) is 18.0 Å². The Bertz CT molecular complexity index is 569. The van der Waals surface area contributed by atoms with Crippen molar-refractivity contribution in [3.8, 4) is 0 Å². The molecule has 19 heavy (non-hydrogen) atoms. The molecule has 2 rings (SSSR count). The molecule has 5 heteroatoms. The van der Waals surface area contributed by atoms with Crippen molar-refractivity contribution in [2.45, 2.75) is 6.42 Å². The van der Waals surface area contributed by atoms with E-state index in [4.69, 9.17) is 11.5 Å². The lowest BCUT2D eigenvalue weighted by Gasteiger charge is -2.08. The van der Waals surface area contributed by atoms with Crippen molar-refractivity contribution in [1.29, 1.82) is 0 Å². The minimum Gasteiger partial charge on any atom is -0.399 e. The number of nitrogens with zero attached hydrogens (tertiary/aromatic N) is 1. The molecule has 0 aliphatic rings. The van der Waals surface area contributed by atoms with Crippen LogP contribution in [0.3, 0.4) is 0 Å². The number of hydrogen-bond donors (Lipinski definition) is 3. The van der Waals surface area contributed by atoms with E-state index in [2.05, 4.69) is 10.3 Å². The summed E-state index contributed by atoms with van der Waals surface area (Å²) in [6, 6.07) is 8.71. The number of rotatable bonds is 4. The molecular formula is C14H16N4O. The summed E-state index contributed by atoms with van der Waals surface area (Å²) >= 11 is 0. The quantitative estimate of drug-likeness (QED) is 0.717. The number of nitrogens with two attached hydrogens (primary N) is 2. The maximum atomic E-state index is 11.9. The van der Waals surface area contributed by atoms with Gasteiger partial charge in [0, 0.05) is 30.3 Å². The van der Waals surface area contributed by atoms with E-state index in [0.29, 0.717) is 23.5 Å². The summed E-state index contributed by atoms with van der Waals surface area (Å²) in [7, 11) is 0. The number of hydrogen-bond acceptors (Lipinski definition) is 4. The van der Waals surface area contributed by atoms with Crippen LogP contribution in [0.5, 0.6) is 0 Å². The maximum Gasteiger partial charge on any atom is 0.253 e. The normalized spacial score (nSPS) is 10.1. The number of anilines is 2. The zero-order chi connectivity index (χ0) is 13.7. The Hall–Kier alpha value is -2.56. The number of nitrogens with one attached hydrogen (secondary N) is 1. The fourth-order valence-corrected chi connectivity index (χ4v) is 1.75. The van der Waals surface area contributed by atoms with Crippen LogP contribution >= 0.6 is 0 Å². The second kappa shape index (κ2) is 5.86. The highest BCUT2D eigenvalue weighted by Gasteiger charge is 2.08. The van der Waals surface area contributed by atoms with Gasteiger partial charge in [-0.05, 0) is 42.3 Å². The molecule has 2 aromatic rings. The molecule has 1 heterocycles. The largest absolute Gasteiger partial charge is 0.399 e. The Morgan fingerprint density at radius 3 is 2.58 bits per heavy atom. The highest BCUT2D eigenvalue weighted by molar-refractivity contribution is 5.99. The standard InChI is InChI=1S/C14H16N4O/c15-11-1-2-12(13(16)9-11)14(19)18-8-5-10-3-6-17-7-4-10/h1-4,6-7,9H,5,8,15-16H2,(H,18,19). The molecule has 0 aliphatic heterocycles. The predicted molar refractivity (Wildman–Crippen MR) is 75.5 cm³/mol. The molecule has 0 radical (unpaired) electrons. The second-order valence-electron chi connectivity index (χ2n) is 4.21. The second-order valence-corrected chi connectivity index (χ2v) is 4.21. The van der Waals surface area contributed by atoms with Crippen LogP contribution < -0.4 is 16.8 Å². The van der Waals surface area contributed by atoms with Crippen molar-refractivity contribution in [1.82, 2.24) is 10.3 Å². The SMILES string of the molecule is Nc1ccc(C(=O)NCCc2ccncc2)c(N)c1. The summed E-state index contributed by atoms with van der Waals surface area (Å²) < 4.78 is 0. The van der Waals surface area contributed by atoms with E-state index in [1.807, 2.05) is 12.1 Å². The number of carbonyl (C=O) groups excluding carboxylic acids is 1. The Labute approximate surface area is 111 Å². The van der Waals surface area contributed by atoms with E-state index >= 15 is 0 Å². The summed E-state index contributed by atoms with van der Waals surface area (Å²) in [5.41, 5.74) is 13.9. The van der Waals surface area contributed by atoms with Gasteiger partial charge in [0.25, 0.3) is 5.91 Å². The summed E-state index contributed by atoms with van der Waals surface area (Å²) in [6.07, 6.45) is 4.22. The van der Waals surface area contributed by atoms with Crippen molar-refractivity contribution < 1.29 is 4.79 Å². The van der Waals surface area contributed by atoms with E-state index in [1.165, 1.54) is 0 Å². The summed E-state index contributed by atoms with van der Waals surface area (Å²) in [6.45, 7) is 0.548. The molecule has 0 aliphatic carbocycles. The fraction of sp³-hybridized carbons (Fsp3) is 0.143. The van der Waals surface area contributed by atoms with Crippen LogP contribution in [0.2, 0.25) is 0 Å². The van der Waals surface area contributed by atoms with E-state index in [0.717, 1.165) is 12.0 Å². The predicted octanol–water partition coefficient (Wildman–Crippen LogP) is 1.22. The van der Waals surface area contributed by atoms with Gasteiger partial charge in [0.15, 0.2) is 0 Å². The van der Waals surface area contributed by atoms with Crippen LogP contribution in [-0.4, -0.2) is 17.4 Å². The first kappa shape index (κ1) is 12.9. The van der Waals surface area contributed by atoms with E-state index in [9.17, 15) is 4.79 Å². The van der Waals surface area contributed by atoms with E-state index < -0.39 is 0 Å². The third kappa shape index (κ3) is 3.45. The third-order valence-corrected chi connectivity index (χ3v) is 2.77. The van der Waals surface area contributed by atoms with Crippen molar-refractivity contribution >= 4 is 17.3 Å². The van der Waals surface area contributed by atoms with Crippen molar-refractivity contribution in [2.24, 2.45) is 0 Å². The Kier molecular flexibility index (Phi) is 3.97. The lowest BCUT2D eigenvalue weighted by Crippen LogP contribution is -2.26. The van der Waals surface area contributed by atoms with Gasteiger partial charge in [-0.2, -0.15) is 0 Å². The molecule has 0 saturated heterocycles. The molecule has 98 valence electrons. The van der Waals surface area contributed by atoms with Gasteiger partial charge in [-0.1, -0.05) is 0 Å². The molecule has 1 aromatic heterocycles. The van der Waals surface area contributed by atoms with Crippen LogP contribution in [0, 0.1) is 0 Å². The molecule has 1 amide bonds. The van der Waals surface area contributed by atoms with E-state index in [1.54, 1.807) is 30.6 Å². The number of carbonyl (C=O) groups is 1. The number of pyridine rings is 1. The Balaban J connectivity index is 1.91. The fourth-order valence-electron chi connectivity index (χ4n) is 1.75. The molecule has 0 fully saturated rings. The highest BCUT2D eigenvalue weighted by atomic mass is 16.1. The minimum absolute atomic E-state index is 0.188. The molecule has 0 atom stereocenters. The average Bonchev–Trinajstić information content (AvgIpc) is 2.39. The first-order chi connectivity index (χ1) is 9.16. The topological polar surface area (TPSA) is 94.0 Å². The van der Waals surface area contributed by atoms with Gasteiger partial charge >= 0.3 is 0 Å². The van der Waals surface area contributed by atoms with Gasteiger partial charge in [0.05, 0.1) is 5.56 Å². The lowest BCUT2D eigenvalue weighted by atomic mass is 10.1. The summed E-state index contributed by atoms with van der Waals surface area (Å²) in [5.74, 6) is -0.188. The van der Waals surface area contributed by atoms with Gasteiger partial charge in [-0.3, -0.25) is 9.78 Å². The summed E-state index contributed by atoms with van der Waals surface area (Å²) in [4.78, 5) is 15.9. The van der Waals surface area contributed by atoms with E-state index in [-0.39, 0.29) is 5.91 Å². The smallest absolute Gasteiger partial charge is 0.253 e. The first-order valence-corrected chi connectivity index (χ1v) is 5.99. The molecule has 0 unspecified atom stereocenters. The van der Waals surface area contributed by atoms with Crippen LogP contribution in [0.4, 0.5) is 11.4 Å². The Morgan fingerprint density at radius 2 is 1.89 bits per heavy atom. The molecule has 0 saturated carbocycles. The lowest BCUT2D eigenvalue weighted by molar-refractivity contribution is 0.0955.